The number of halogens is 2. The van der Waals surface area contributed by atoms with Gasteiger partial charge in [-0.15, -0.1) is 0 Å². The minimum absolute atomic E-state index is 0.000569. The maximum Gasteiger partial charge on any atom is 0.264 e. The summed E-state index contributed by atoms with van der Waals surface area (Å²) in [5, 5.41) is 11.5. The predicted molar refractivity (Wildman–Crippen MR) is 140 cm³/mol. The molecular formula is C28H30F2N2O6. The number of aromatic hydroxyl groups is 1. The topological polar surface area (TPSA) is 102 Å². The number of aryl methyl sites for hydroxylation is 1. The van der Waals surface area contributed by atoms with E-state index in [1.54, 1.807) is 18.2 Å². The fourth-order valence-electron chi connectivity index (χ4n) is 3.85. The van der Waals surface area contributed by atoms with Gasteiger partial charge >= 0.3 is 0 Å². The number of ether oxygens (including phenoxy) is 4. The molecule has 1 aromatic heterocycles. The second kappa shape index (κ2) is 12.8. The third-order valence-corrected chi connectivity index (χ3v) is 5.67. The van der Waals surface area contributed by atoms with E-state index < -0.39 is 17.2 Å². The quantitative estimate of drug-likeness (QED) is 0.197. The van der Waals surface area contributed by atoms with E-state index >= 15 is 0 Å². The molecule has 38 heavy (non-hydrogen) atoms. The molecule has 0 saturated carbocycles. The van der Waals surface area contributed by atoms with Crippen LogP contribution in [-0.4, -0.2) is 43.9 Å². The van der Waals surface area contributed by atoms with Crippen LogP contribution in [0.15, 0.2) is 58.5 Å². The second-order valence-electron chi connectivity index (χ2n) is 8.21. The maximum atomic E-state index is 13.5. The summed E-state index contributed by atoms with van der Waals surface area (Å²) < 4.78 is 48.8. The van der Waals surface area contributed by atoms with Crippen LogP contribution in [-0.2, 0) is 11.2 Å². The van der Waals surface area contributed by atoms with Crippen molar-refractivity contribution in [3.8, 4) is 34.1 Å². The number of H-pyrrole nitrogens is 1. The predicted octanol–water partition coefficient (Wildman–Crippen LogP) is 5.37. The van der Waals surface area contributed by atoms with E-state index in [-0.39, 0.29) is 35.3 Å². The van der Waals surface area contributed by atoms with Crippen molar-refractivity contribution < 1.29 is 32.8 Å². The van der Waals surface area contributed by atoms with Gasteiger partial charge in [0.05, 0.1) is 25.3 Å². The molecule has 0 radical (unpaired) electrons. The molecule has 202 valence electrons. The van der Waals surface area contributed by atoms with E-state index in [4.69, 9.17) is 18.9 Å². The summed E-state index contributed by atoms with van der Waals surface area (Å²) in [5.41, 5.74) is 0.410. The van der Waals surface area contributed by atoms with Crippen molar-refractivity contribution >= 4 is 5.90 Å². The molecule has 1 heterocycles. The summed E-state index contributed by atoms with van der Waals surface area (Å²) in [7, 11) is 4.37. The molecule has 2 N–H and O–H groups in total. The average molecular weight is 529 g/mol. The Hall–Kier alpha value is -4.34. The van der Waals surface area contributed by atoms with Crippen LogP contribution in [0.3, 0.4) is 0 Å². The van der Waals surface area contributed by atoms with Gasteiger partial charge in [0.2, 0.25) is 5.90 Å². The van der Waals surface area contributed by atoms with E-state index in [1.165, 1.54) is 27.3 Å². The van der Waals surface area contributed by atoms with Crippen LogP contribution in [0, 0.1) is 11.6 Å². The van der Waals surface area contributed by atoms with E-state index in [2.05, 4.69) is 16.6 Å². The Balaban J connectivity index is 2.03. The first kappa shape index (κ1) is 28.2. The Morgan fingerprint density at radius 2 is 1.76 bits per heavy atom. The summed E-state index contributed by atoms with van der Waals surface area (Å²) in [6, 6.07) is 8.24. The summed E-state index contributed by atoms with van der Waals surface area (Å²) in [5.74, 6) is -1.77. The van der Waals surface area contributed by atoms with Crippen molar-refractivity contribution in [3.05, 3.63) is 82.0 Å². The van der Waals surface area contributed by atoms with Crippen LogP contribution in [0.4, 0.5) is 8.78 Å². The number of nitrogens with one attached hydrogen (secondary N) is 1. The van der Waals surface area contributed by atoms with Gasteiger partial charge in [-0.2, -0.15) is 0 Å². The fourth-order valence-corrected chi connectivity index (χ4v) is 3.85. The van der Waals surface area contributed by atoms with Gasteiger partial charge in [0.15, 0.2) is 11.6 Å². The number of benzene rings is 2. The molecule has 8 nitrogen and oxygen atoms in total. The van der Waals surface area contributed by atoms with Gasteiger partial charge in [-0.25, -0.2) is 8.78 Å². The SMILES string of the molecule is C=C(COc1ccc(F)c(F)c1)OC(=NC)c1c(O)c(-c2c(OC)cccc2OC)c(CCCC)[nH]c1=O. The number of nitrogens with zero attached hydrogens (tertiary/aromatic N) is 1. The van der Waals surface area contributed by atoms with Crippen molar-refractivity contribution in [1.29, 1.82) is 0 Å². The number of aromatic nitrogens is 1. The first-order valence-corrected chi connectivity index (χ1v) is 11.9. The number of pyridine rings is 1. The summed E-state index contributed by atoms with van der Waals surface area (Å²) >= 11 is 0. The van der Waals surface area contributed by atoms with Crippen LogP contribution in [0.1, 0.15) is 31.0 Å². The Labute approximate surface area is 219 Å². The lowest BCUT2D eigenvalue weighted by atomic mass is 9.95. The molecule has 3 aromatic rings. The van der Waals surface area contributed by atoms with Gasteiger partial charge in [0, 0.05) is 18.8 Å². The van der Waals surface area contributed by atoms with E-state index in [0.29, 0.717) is 34.7 Å². The number of methoxy groups -OCH3 is 2. The number of aliphatic imine (C=N–C) groups is 1. The van der Waals surface area contributed by atoms with Crippen LogP contribution in [0.2, 0.25) is 0 Å². The Morgan fingerprint density at radius 1 is 1.08 bits per heavy atom. The van der Waals surface area contributed by atoms with Crippen LogP contribution >= 0.6 is 0 Å². The average Bonchev–Trinajstić information content (AvgIpc) is 2.91. The molecule has 0 atom stereocenters. The van der Waals surface area contributed by atoms with Crippen molar-refractivity contribution in [2.45, 2.75) is 26.2 Å². The number of rotatable bonds is 11. The second-order valence-corrected chi connectivity index (χ2v) is 8.21. The fraction of sp³-hybridized carbons (Fsp3) is 0.286. The number of aromatic amines is 1. The lowest BCUT2D eigenvalue weighted by Gasteiger charge is -2.20. The molecule has 0 aliphatic carbocycles. The van der Waals surface area contributed by atoms with Gasteiger partial charge in [0.1, 0.15) is 40.9 Å². The van der Waals surface area contributed by atoms with Gasteiger partial charge in [-0.1, -0.05) is 26.0 Å². The number of hydrogen-bond acceptors (Lipinski definition) is 7. The van der Waals surface area contributed by atoms with Crippen molar-refractivity contribution in [2.75, 3.05) is 27.9 Å². The summed E-state index contributed by atoms with van der Waals surface area (Å²) in [6.07, 6.45) is 2.09. The van der Waals surface area contributed by atoms with Gasteiger partial charge in [-0.05, 0) is 37.1 Å². The lowest BCUT2D eigenvalue weighted by Crippen LogP contribution is -2.23. The molecule has 0 spiro atoms. The normalized spacial score (nSPS) is 11.3. The van der Waals surface area contributed by atoms with Crippen molar-refractivity contribution in [3.63, 3.8) is 0 Å². The van der Waals surface area contributed by atoms with E-state index in [1.807, 2.05) is 6.92 Å². The Morgan fingerprint density at radius 3 is 2.34 bits per heavy atom. The molecule has 0 aliphatic rings. The first-order valence-electron chi connectivity index (χ1n) is 11.9. The molecule has 0 bridgehead atoms. The molecule has 0 amide bonds. The highest BCUT2D eigenvalue weighted by atomic mass is 19.2. The van der Waals surface area contributed by atoms with Crippen molar-refractivity contribution in [1.82, 2.24) is 4.98 Å². The third-order valence-electron chi connectivity index (χ3n) is 5.67. The van der Waals surface area contributed by atoms with Crippen LogP contribution in [0.5, 0.6) is 23.0 Å². The largest absolute Gasteiger partial charge is 0.506 e. The summed E-state index contributed by atoms with van der Waals surface area (Å²) in [4.78, 5) is 20.1. The zero-order valence-corrected chi connectivity index (χ0v) is 21.7. The van der Waals surface area contributed by atoms with Crippen molar-refractivity contribution in [2.24, 2.45) is 4.99 Å². The molecule has 10 heteroatoms. The number of unbranched alkanes of at least 4 members (excludes halogenated alkanes) is 1. The molecule has 3 rings (SSSR count). The first-order chi connectivity index (χ1) is 18.2. The zero-order valence-electron chi connectivity index (χ0n) is 21.7. The van der Waals surface area contributed by atoms with Crippen LogP contribution < -0.4 is 19.8 Å². The smallest absolute Gasteiger partial charge is 0.264 e. The van der Waals surface area contributed by atoms with E-state index in [0.717, 1.165) is 25.0 Å². The number of hydrogen-bond donors (Lipinski definition) is 2. The molecule has 0 saturated heterocycles. The minimum Gasteiger partial charge on any atom is -0.506 e. The lowest BCUT2D eigenvalue weighted by molar-refractivity contribution is 0.274. The highest BCUT2D eigenvalue weighted by Crippen LogP contribution is 2.44. The van der Waals surface area contributed by atoms with Gasteiger partial charge in [0.25, 0.3) is 5.56 Å². The highest BCUT2D eigenvalue weighted by Gasteiger charge is 2.27. The van der Waals surface area contributed by atoms with Gasteiger partial charge in [-0.3, -0.25) is 9.79 Å². The minimum atomic E-state index is -1.07. The van der Waals surface area contributed by atoms with Crippen LogP contribution in [0.25, 0.3) is 11.1 Å². The third kappa shape index (κ3) is 6.13. The van der Waals surface area contributed by atoms with Gasteiger partial charge < -0.3 is 29.0 Å². The highest BCUT2D eigenvalue weighted by molar-refractivity contribution is 6.00. The molecule has 0 fully saturated rings. The molecule has 0 aliphatic heterocycles. The Bertz CT molecular complexity index is 1380. The zero-order chi connectivity index (χ0) is 27.8. The Kier molecular flexibility index (Phi) is 9.48. The standard InChI is InChI=1S/C28H30F2N2O6/c1-6-7-9-20-23(24-21(35-4)10-8-11-22(24)36-5)26(33)25(27(34)32-20)28(31-3)38-16(2)15-37-17-12-13-18(29)19(30)14-17/h8,10-14H,2,6-7,9,15H2,1,3-5H3,(H2,32,33,34). The molecule has 2 aromatic carbocycles. The molecular weight excluding hydrogens is 498 g/mol. The van der Waals surface area contributed by atoms with E-state index in [9.17, 15) is 18.7 Å². The summed E-state index contributed by atoms with van der Waals surface area (Å²) in [6.45, 7) is 5.50. The monoisotopic (exact) mass is 528 g/mol. The molecule has 0 unspecified atom stereocenters. The maximum absolute atomic E-state index is 13.5.